The first-order chi connectivity index (χ1) is 14.2. The molecule has 0 fully saturated rings. The van der Waals surface area contributed by atoms with Crippen LogP contribution in [0.1, 0.15) is 63.2 Å². The van der Waals surface area contributed by atoms with Crippen molar-refractivity contribution in [3.8, 4) is 0 Å². The molecule has 3 rings (SSSR count). The highest BCUT2D eigenvalue weighted by atomic mass is 32.2. The number of rotatable bonds is 4. The summed E-state index contributed by atoms with van der Waals surface area (Å²) in [4.78, 5) is 12.8. The number of hydrogen-bond donors (Lipinski definition) is 1. The van der Waals surface area contributed by atoms with Crippen LogP contribution in [-0.2, 0) is 20.2 Å². The zero-order chi connectivity index (χ0) is 23.2. The molecule has 6 nitrogen and oxygen atoms in total. The van der Waals surface area contributed by atoms with Gasteiger partial charge in [-0.2, -0.15) is 0 Å². The maximum Gasteiger partial charge on any atom is 0.342 e. The van der Waals surface area contributed by atoms with E-state index in [4.69, 9.17) is 9.15 Å². The summed E-state index contributed by atoms with van der Waals surface area (Å²) in [6.45, 7) is 13.2. The van der Waals surface area contributed by atoms with Crippen molar-refractivity contribution in [3.63, 3.8) is 0 Å². The van der Waals surface area contributed by atoms with Crippen LogP contribution in [0.15, 0.2) is 51.8 Å². The number of fused-ring (bicyclic) bond motifs is 1. The Labute approximate surface area is 183 Å². The van der Waals surface area contributed by atoms with Gasteiger partial charge in [0.2, 0.25) is 0 Å². The van der Waals surface area contributed by atoms with E-state index in [2.05, 4.69) is 25.5 Å². The third-order valence-electron chi connectivity index (χ3n) is 4.75. The summed E-state index contributed by atoms with van der Waals surface area (Å²) in [5.74, 6) is -0.0939. The van der Waals surface area contributed by atoms with Gasteiger partial charge in [0.15, 0.2) is 0 Å². The number of carbonyl (C=O) groups excluding carboxylic acids is 1. The first-order valence-electron chi connectivity index (χ1n) is 10.1. The van der Waals surface area contributed by atoms with Crippen molar-refractivity contribution in [1.29, 1.82) is 0 Å². The molecule has 166 valence electrons. The third kappa shape index (κ3) is 5.10. The second-order valence-corrected chi connectivity index (χ2v) is 11.3. The van der Waals surface area contributed by atoms with Crippen molar-refractivity contribution in [2.75, 3.05) is 4.72 Å². The van der Waals surface area contributed by atoms with Gasteiger partial charge < -0.3 is 9.15 Å². The molecule has 0 unspecified atom stereocenters. The minimum atomic E-state index is -3.80. The Morgan fingerprint density at radius 2 is 1.58 bits per heavy atom. The number of aryl methyl sites for hydroxylation is 1. The van der Waals surface area contributed by atoms with E-state index in [9.17, 15) is 13.2 Å². The van der Waals surface area contributed by atoms with Crippen molar-refractivity contribution in [2.24, 2.45) is 0 Å². The van der Waals surface area contributed by atoms with Gasteiger partial charge in [0.1, 0.15) is 22.5 Å². The van der Waals surface area contributed by atoms with Gasteiger partial charge >= 0.3 is 5.97 Å². The average Bonchev–Trinajstić information content (AvgIpc) is 2.94. The van der Waals surface area contributed by atoms with Gasteiger partial charge in [-0.15, -0.1) is 0 Å². The fourth-order valence-corrected chi connectivity index (χ4v) is 4.26. The van der Waals surface area contributed by atoms with Gasteiger partial charge in [-0.1, -0.05) is 32.9 Å². The molecule has 1 heterocycles. The number of esters is 1. The summed E-state index contributed by atoms with van der Waals surface area (Å²) in [6.07, 6.45) is 0. The molecule has 0 aliphatic heterocycles. The van der Waals surface area contributed by atoms with Crippen molar-refractivity contribution in [3.05, 3.63) is 59.4 Å². The monoisotopic (exact) mass is 443 g/mol. The summed E-state index contributed by atoms with van der Waals surface area (Å²) in [7, 11) is -3.80. The van der Waals surface area contributed by atoms with Crippen LogP contribution in [0.2, 0.25) is 0 Å². The van der Waals surface area contributed by atoms with E-state index in [-0.39, 0.29) is 10.3 Å². The molecule has 0 aliphatic rings. The maximum absolute atomic E-state index is 12.9. The molecule has 0 spiro atoms. The highest BCUT2D eigenvalue weighted by Gasteiger charge is 2.25. The number of carbonyl (C=O) groups is 1. The first kappa shape index (κ1) is 22.9. The Bertz CT molecular complexity index is 1220. The molecule has 0 amide bonds. The summed E-state index contributed by atoms with van der Waals surface area (Å²) in [5, 5.41) is 0.495. The topological polar surface area (TPSA) is 85.6 Å². The second-order valence-electron chi connectivity index (χ2n) is 9.63. The lowest BCUT2D eigenvalue weighted by Crippen LogP contribution is -2.24. The van der Waals surface area contributed by atoms with E-state index in [0.717, 1.165) is 5.56 Å². The number of benzene rings is 2. The standard InChI is InChI=1S/C24H29NO5S/c1-15-21(22(26)30-24(5,6)7)19-14-17(10-13-20(19)29-15)25-31(27,28)18-11-8-16(9-12-18)23(2,3)4/h8-14,25H,1-7H3. The minimum Gasteiger partial charge on any atom is -0.460 e. The Morgan fingerprint density at radius 1 is 0.968 bits per heavy atom. The molecule has 1 aromatic heterocycles. The van der Waals surface area contributed by atoms with Crippen molar-refractivity contribution >= 4 is 32.6 Å². The predicted octanol–water partition coefficient (Wildman–Crippen LogP) is 5.79. The number of furan rings is 1. The Kier molecular flexibility index (Phi) is 5.69. The van der Waals surface area contributed by atoms with Crippen LogP contribution in [0.4, 0.5) is 5.69 Å². The van der Waals surface area contributed by atoms with E-state index in [0.29, 0.717) is 28.0 Å². The number of sulfonamides is 1. The van der Waals surface area contributed by atoms with Crippen LogP contribution in [0.25, 0.3) is 11.0 Å². The number of anilines is 1. The first-order valence-corrected chi connectivity index (χ1v) is 11.6. The quantitative estimate of drug-likeness (QED) is 0.516. The summed E-state index contributed by atoms with van der Waals surface area (Å²) < 4.78 is 39.5. The summed E-state index contributed by atoms with van der Waals surface area (Å²) in [5.41, 5.74) is 1.42. The van der Waals surface area contributed by atoms with Crippen LogP contribution < -0.4 is 4.72 Å². The molecule has 31 heavy (non-hydrogen) atoms. The van der Waals surface area contributed by atoms with E-state index in [1.807, 2.05) is 12.1 Å². The second kappa shape index (κ2) is 7.71. The van der Waals surface area contributed by atoms with E-state index >= 15 is 0 Å². The van der Waals surface area contributed by atoms with E-state index in [1.54, 1.807) is 58.0 Å². The highest BCUT2D eigenvalue weighted by molar-refractivity contribution is 7.92. The summed E-state index contributed by atoms with van der Waals surface area (Å²) in [6, 6.07) is 11.6. The Balaban J connectivity index is 1.94. The van der Waals surface area contributed by atoms with Gasteiger partial charge in [0.05, 0.1) is 4.90 Å². The molecule has 2 aromatic carbocycles. The van der Waals surface area contributed by atoms with Gasteiger partial charge in [-0.3, -0.25) is 4.72 Å². The molecule has 0 radical (unpaired) electrons. The molecular formula is C24H29NO5S. The van der Waals surface area contributed by atoms with Crippen molar-refractivity contribution in [1.82, 2.24) is 0 Å². The summed E-state index contributed by atoms with van der Waals surface area (Å²) >= 11 is 0. The van der Waals surface area contributed by atoms with Crippen LogP contribution >= 0.6 is 0 Å². The normalized spacial score (nSPS) is 12.7. The highest BCUT2D eigenvalue weighted by Crippen LogP contribution is 2.31. The third-order valence-corrected chi connectivity index (χ3v) is 6.15. The van der Waals surface area contributed by atoms with Crippen molar-refractivity contribution in [2.45, 2.75) is 64.4 Å². The minimum absolute atomic E-state index is 0.0715. The van der Waals surface area contributed by atoms with E-state index < -0.39 is 21.6 Å². The van der Waals surface area contributed by atoms with E-state index in [1.165, 1.54) is 0 Å². The molecule has 0 atom stereocenters. The zero-order valence-corrected chi connectivity index (χ0v) is 19.8. The Morgan fingerprint density at radius 3 is 2.13 bits per heavy atom. The molecule has 3 aromatic rings. The zero-order valence-electron chi connectivity index (χ0n) is 19.0. The van der Waals surface area contributed by atoms with Crippen molar-refractivity contribution < 1.29 is 22.4 Å². The SMILES string of the molecule is Cc1oc2ccc(NS(=O)(=O)c3ccc(C(C)(C)C)cc3)cc2c1C(=O)OC(C)(C)C. The fraction of sp³-hybridized carbons (Fsp3) is 0.375. The Hall–Kier alpha value is -2.80. The number of nitrogens with one attached hydrogen (secondary N) is 1. The van der Waals surface area contributed by atoms with Crippen LogP contribution in [-0.4, -0.2) is 20.0 Å². The molecule has 7 heteroatoms. The average molecular weight is 444 g/mol. The number of hydrogen-bond acceptors (Lipinski definition) is 5. The van der Waals surface area contributed by atoms with Gasteiger partial charge in [-0.25, -0.2) is 13.2 Å². The lowest BCUT2D eigenvalue weighted by Gasteiger charge is -2.19. The van der Waals surface area contributed by atoms with Crippen LogP contribution in [0, 0.1) is 6.92 Å². The van der Waals surface area contributed by atoms with Gasteiger partial charge in [0, 0.05) is 11.1 Å². The predicted molar refractivity (Wildman–Crippen MR) is 122 cm³/mol. The number of ether oxygens (including phenoxy) is 1. The fourth-order valence-electron chi connectivity index (χ4n) is 3.21. The largest absolute Gasteiger partial charge is 0.460 e. The van der Waals surface area contributed by atoms with Gasteiger partial charge in [-0.05, 0) is 69.0 Å². The lowest BCUT2D eigenvalue weighted by atomic mass is 9.87. The van der Waals surface area contributed by atoms with Crippen LogP contribution in [0.5, 0.6) is 0 Å². The molecule has 1 N–H and O–H groups in total. The molecule has 0 aliphatic carbocycles. The van der Waals surface area contributed by atoms with Crippen LogP contribution in [0.3, 0.4) is 0 Å². The molecule has 0 bridgehead atoms. The molecule has 0 saturated heterocycles. The lowest BCUT2D eigenvalue weighted by molar-refractivity contribution is 0.00698. The smallest absolute Gasteiger partial charge is 0.342 e. The molecular weight excluding hydrogens is 414 g/mol. The van der Waals surface area contributed by atoms with Gasteiger partial charge in [0.25, 0.3) is 10.0 Å². The molecule has 0 saturated carbocycles. The maximum atomic E-state index is 12.9.